The van der Waals surface area contributed by atoms with Gasteiger partial charge in [-0.1, -0.05) is 35.9 Å². The second kappa shape index (κ2) is 7.57. The van der Waals surface area contributed by atoms with E-state index in [0.717, 1.165) is 5.56 Å². The van der Waals surface area contributed by atoms with Gasteiger partial charge in [0.15, 0.2) is 0 Å². The van der Waals surface area contributed by atoms with Gasteiger partial charge in [-0.15, -0.1) is 0 Å². The number of hydrogen-bond donors (Lipinski definition) is 1. The van der Waals surface area contributed by atoms with Gasteiger partial charge in [0, 0.05) is 5.02 Å². The topological polar surface area (TPSA) is 64.4 Å². The number of halogens is 1. The molecule has 0 fully saturated rings. The second-order valence-electron chi connectivity index (χ2n) is 5.49. The smallest absolute Gasteiger partial charge is 0.269 e. The highest BCUT2D eigenvalue weighted by atomic mass is 35.5. The van der Waals surface area contributed by atoms with Gasteiger partial charge in [0.2, 0.25) is 0 Å². The predicted octanol–water partition coefficient (Wildman–Crippen LogP) is 2.63. The Balaban J connectivity index is 1.63. The van der Waals surface area contributed by atoms with Crippen molar-refractivity contribution in [2.45, 2.75) is 19.3 Å². The van der Waals surface area contributed by atoms with Gasteiger partial charge in [-0.2, -0.15) is 0 Å². The Morgan fingerprint density at radius 3 is 2.71 bits per heavy atom. The minimum absolute atomic E-state index is 0.131. The average Bonchev–Trinajstić information content (AvgIpc) is 2.59. The lowest BCUT2D eigenvalue weighted by Crippen LogP contribution is -2.29. The standard InChI is InChI=1S/C18H17ClN2O3/c19-14-7-5-13(6-8-14)11-24-12-15(22)10-21-17-4-2-1-3-16(17)20-9-18(21)23/h1-9,15,22H,10-12H2/t15-/m1/s1. The summed E-state index contributed by atoms with van der Waals surface area (Å²) in [5.41, 5.74) is 2.14. The molecule has 0 radical (unpaired) electrons. The van der Waals surface area contributed by atoms with Crippen molar-refractivity contribution in [1.82, 2.24) is 9.55 Å². The number of fused-ring (bicyclic) bond motifs is 1. The molecule has 3 rings (SSSR count). The quantitative estimate of drug-likeness (QED) is 0.746. The normalized spacial score (nSPS) is 12.4. The number of nitrogens with zero attached hydrogens (tertiary/aromatic N) is 2. The molecule has 0 aliphatic heterocycles. The zero-order valence-electron chi connectivity index (χ0n) is 12.9. The molecular weight excluding hydrogens is 328 g/mol. The van der Waals surface area contributed by atoms with E-state index in [1.807, 2.05) is 36.4 Å². The van der Waals surface area contributed by atoms with Crippen LogP contribution in [0.3, 0.4) is 0 Å². The van der Waals surface area contributed by atoms with Crippen LogP contribution in [-0.4, -0.2) is 27.4 Å². The van der Waals surface area contributed by atoms with Crippen LogP contribution in [0.2, 0.25) is 5.02 Å². The lowest BCUT2D eigenvalue weighted by Gasteiger charge is -2.15. The van der Waals surface area contributed by atoms with E-state index in [2.05, 4.69) is 4.98 Å². The molecule has 2 aromatic carbocycles. The van der Waals surface area contributed by atoms with Gasteiger partial charge >= 0.3 is 0 Å². The van der Waals surface area contributed by atoms with Gasteiger partial charge in [0.05, 0.1) is 43.1 Å². The van der Waals surface area contributed by atoms with Crippen LogP contribution >= 0.6 is 11.6 Å². The van der Waals surface area contributed by atoms with Crippen LogP contribution in [0.25, 0.3) is 11.0 Å². The molecule has 0 bridgehead atoms. The van der Waals surface area contributed by atoms with Crippen LogP contribution in [0, 0.1) is 0 Å². The molecule has 0 aliphatic carbocycles. The van der Waals surface area contributed by atoms with Gasteiger partial charge in [-0.25, -0.2) is 4.98 Å². The predicted molar refractivity (Wildman–Crippen MR) is 93.1 cm³/mol. The third kappa shape index (κ3) is 4.00. The molecule has 1 heterocycles. The van der Waals surface area contributed by atoms with Crippen LogP contribution in [0.5, 0.6) is 0 Å². The Kier molecular flexibility index (Phi) is 5.25. The van der Waals surface area contributed by atoms with Gasteiger partial charge in [-0.3, -0.25) is 4.79 Å². The Morgan fingerprint density at radius 2 is 1.92 bits per heavy atom. The molecule has 0 saturated heterocycles. The maximum Gasteiger partial charge on any atom is 0.269 e. The van der Waals surface area contributed by atoms with Crippen molar-refractivity contribution in [3.8, 4) is 0 Å². The SMILES string of the molecule is O=c1cnc2ccccc2n1C[C@@H](O)COCc1ccc(Cl)cc1. The van der Waals surface area contributed by atoms with Crippen LogP contribution in [0.4, 0.5) is 0 Å². The van der Waals surface area contributed by atoms with Crippen LogP contribution in [0.1, 0.15) is 5.56 Å². The molecule has 3 aromatic rings. The molecule has 0 aliphatic rings. The molecule has 1 aromatic heterocycles. The minimum Gasteiger partial charge on any atom is -0.389 e. The van der Waals surface area contributed by atoms with E-state index in [1.54, 1.807) is 12.1 Å². The summed E-state index contributed by atoms with van der Waals surface area (Å²) in [5, 5.41) is 10.9. The molecule has 0 unspecified atom stereocenters. The summed E-state index contributed by atoms with van der Waals surface area (Å²) in [6.45, 7) is 0.661. The second-order valence-corrected chi connectivity index (χ2v) is 5.93. The fourth-order valence-electron chi connectivity index (χ4n) is 2.46. The summed E-state index contributed by atoms with van der Waals surface area (Å²) in [6.07, 6.45) is 0.477. The van der Waals surface area contributed by atoms with Crippen LogP contribution in [-0.2, 0) is 17.9 Å². The highest BCUT2D eigenvalue weighted by Gasteiger charge is 2.10. The van der Waals surface area contributed by atoms with Crippen molar-refractivity contribution >= 4 is 22.6 Å². The summed E-state index contributed by atoms with van der Waals surface area (Å²) in [5.74, 6) is 0. The molecule has 0 amide bonds. The van der Waals surface area contributed by atoms with Crippen molar-refractivity contribution in [2.24, 2.45) is 0 Å². The van der Waals surface area contributed by atoms with Crippen molar-refractivity contribution in [1.29, 1.82) is 0 Å². The Labute approximate surface area is 144 Å². The highest BCUT2D eigenvalue weighted by Crippen LogP contribution is 2.11. The first-order chi connectivity index (χ1) is 11.6. The summed E-state index contributed by atoms with van der Waals surface area (Å²) in [6, 6.07) is 14.7. The first-order valence-electron chi connectivity index (χ1n) is 7.58. The Bertz CT molecular complexity index is 877. The van der Waals surface area contributed by atoms with Crippen LogP contribution < -0.4 is 5.56 Å². The summed E-state index contributed by atoms with van der Waals surface area (Å²) in [7, 11) is 0. The van der Waals surface area contributed by atoms with Gasteiger partial charge in [0.25, 0.3) is 5.56 Å². The molecule has 0 saturated carbocycles. The summed E-state index contributed by atoms with van der Waals surface area (Å²) < 4.78 is 7.03. The highest BCUT2D eigenvalue weighted by molar-refractivity contribution is 6.30. The minimum atomic E-state index is -0.791. The fourth-order valence-corrected chi connectivity index (χ4v) is 2.59. The zero-order valence-corrected chi connectivity index (χ0v) is 13.7. The van der Waals surface area contributed by atoms with E-state index in [0.29, 0.717) is 22.7 Å². The molecule has 24 heavy (non-hydrogen) atoms. The lowest BCUT2D eigenvalue weighted by atomic mass is 10.2. The average molecular weight is 345 g/mol. The van der Waals surface area contributed by atoms with E-state index >= 15 is 0 Å². The molecule has 124 valence electrons. The number of aliphatic hydroxyl groups excluding tert-OH is 1. The van der Waals surface area contributed by atoms with E-state index in [4.69, 9.17) is 16.3 Å². The van der Waals surface area contributed by atoms with E-state index in [1.165, 1.54) is 10.8 Å². The Hall–Kier alpha value is -2.21. The fraction of sp³-hybridized carbons (Fsp3) is 0.222. The molecule has 1 atom stereocenters. The molecule has 1 N–H and O–H groups in total. The van der Waals surface area contributed by atoms with Crippen molar-refractivity contribution in [2.75, 3.05) is 6.61 Å². The lowest BCUT2D eigenvalue weighted by molar-refractivity contribution is 0.0205. The van der Waals surface area contributed by atoms with Gasteiger partial charge < -0.3 is 14.4 Å². The molecular formula is C18H17ClN2O3. The van der Waals surface area contributed by atoms with Gasteiger partial charge in [-0.05, 0) is 29.8 Å². The van der Waals surface area contributed by atoms with E-state index in [-0.39, 0.29) is 18.7 Å². The third-order valence-electron chi connectivity index (χ3n) is 3.64. The van der Waals surface area contributed by atoms with Gasteiger partial charge in [0.1, 0.15) is 0 Å². The number of rotatable bonds is 6. The number of benzene rings is 2. The number of hydrogen-bond acceptors (Lipinski definition) is 4. The molecule has 6 heteroatoms. The number of aromatic nitrogens is 2. The number of para-hydroxylation sites is 2. The van der Waals surface area contributed by atoms with Crippen molar-refractivity contribution in [3.05, 3.63) is 75.7 Å². The first kappa shape index (κ1) is 16.6. The van der Waals surface area contributed by atoms with Crippen molar-refractivity contribution < 1.29 is 9.84 Å². The monoisotopic (exact) mass is 344 g/mol. The molecule has 0 spiro atoms. The summed E-state index contributed by atoms with van der Waals surface area (Å²) in [4.78, 5) is 16.1. The summed E-state index contributed by atoms with van der Waals surface area (Å²) >= 11 is 5.83. The maximum absolute atomic E-state index is 12.0. The Morgan fingerprint density at radius 1 is 1.17 bits per heavy atom. The van der Waals surface area contributed by atoms with E-state index < -0.39 is 6.10 Å². The largest absolute Gasteiger partial charge is 0.389 e. The van der Waals surface area contributed by atoms with E-state index in [9.17, 15) is 9.90 Å². The first-order valence-corrected chi connectivity index (χ1v) is 7.96. The van der Waals surface area contributed by atoms with Crippen LogP contribution in [0.15, 0.2) is 59.5 Å². The maximum atomic E-state index is 12.0. The van der Waals surface area contributed by atoms with Crippen molar-refractivity contribution in [3.63, 3.8) is 0 Å². The zero-order chi connectivity index (χ0) is 16.9. The number of aliphatic hydroxyl groups is 1. The molecule has 5 nitrogen and oxygen atoms in total. The third-order valence-corrected chi connectivity index (χ3v) is 3.89. The number of ether oxygens (including phenoxy) is 1.